The van der Waals surface area contributed by atoms with Crippen molar-refractivity contribution in [3.05, 3.63) is 18.2 Å². The number of fused-ring (bicyclic) bond motifs is 1. The molecular formula is C17H24Cl2N4O3S. The number of hydrogen-bond acceptors (Lipinski definition) is 7. The van der Waals surface area contributed by atoms with Gasteiger partial charge in [-0.25, -0.2) is 4.98 Å². The molecule has 7 nitrogen and oxygen atoms in total. The molecule has 2 fully saturated rings. The number of anilines is 2. The van der Waals surface area contributed by atoms with E-state index in [1.54, 1.807) is 11.3 Å². The Kier molecular flexibility index (Phi) is 8.08. The molecule has 0 radical (unpaired) electrons. The van der Waals surface area contributed by atoms with Gasteiger partial charge in [0.15, 0.2) is 5.13 Å². The molecule has 0 spiro atoms. The van der Waals surface area contributed by atoms with Gasteiger partial charge in [-0.3, -0.25) is 4.79 Å². The maximum atomic E-state index is 12.4. The number of benzene rings is 1. The van der Waals surface area contributed by atoms with E-state index in [0.29, 0.717) is 6.54 Å². The normalized spacial score (nSPS) is 22.2. The van der Waals surface area contributed by atoms with E-state index in [2.05, 4.69) is 10.2 Å². The highest BCUT2D eigenvalue weighted by molar-refractivity contribution is 7.22. The molecule has 0 saturated carbocycles. The first-order valence-corrected chi connectivity index (χ1v) is 9.44. The lowest BCUT2D eigenvalue weighted by atomic mass is 10.2. The second kappa shape index (κ2) is 9.86. The number of morpholine rings is 1. The Morgan fingerprint density at radius 1 is 1.30 bits per heavy atom. The van der Waals surface area contributed by atoms with Gasteiger partial charge < -0.3 is 25.4 Å². The van der Waals surface area contributed by atoms with E-state index in [0.717, 1.165) is 60.2 Å². The van der Waals surface area contributed by atoms with Crippen molar-refractivity contribution in [3.63, 3.8) is 0 Å². The number of nitrogens with one attached hydrogen (secondary N) is 1. The summed E-state index contributed by atoms with van der Waals surface area (Å²) in [5, 5.41) is 3.96. The Morgan fingerprint density at radius 3 is 2.78 bits per heavy atom. The van der Waals surface area contributed by atoms with Crippen LogP contribution in [0.2, 0.25) is 0 Å². The highest BCUT2D eigenvalue weighted by Gasteiger charge is 2.29. The number of carbonyl (C=O) groups excluding carboxylic acids is 1. The number of aromatic nitrogens is 1. The van der Waals surface area contributed by atoms with E-state index in [-0.39, 0.29) is 36.8 Å². The van der Waals surface area contributed by atoms with Crippen molar-refractivity contribution >= 4 is 63.1 Å². The van der Waals surface area contributed by atoms with E-state index >= 15 is 0 Å². The third-order valence-electron chi connectivity index (χ3n) is 4.59. The van der Waals surface area contributed by atoms with Crippen LogP contribution < -0.4 is 16.0 Å². The van der Waals surface area contributed by atoms with Gasteiger partial charge >= 0.3 is 0 Å². The van der Waals surface area contributed by atoms with Crippen LogP contribution in [0.3, 0.4) is 0 Å². The van der Waals surface area contributed by atoms with Crippen LogP contribution in [-0.4, -0.2) is 55.9 Å². The lowest BCUT2D eigenvalue weighted by Gasteiger charge is -2.25. The van der Waals surface area contributed by atoms with Crippen molar-refractivity contribution in [1.82, 2.24) is 4.98 Å². The highest BCUT2D eigenvalue weighted by atomic mass is 35.5. The van der Waals surface area contributed by atoms with Crippen LogP contribution in [0, 0.1) is 0 Å². The first-order valence-electron chi connectivity index (χ1n) is 8.62. The van der Waals surface area contributed by atoms with Gasteiger partial charge in [-0.15, -0.1) is 24.8 Å². The molecular weight excluding hydrogens is 411 g/mol. The number of rotatable bonds is 4. The maximum absolute atomic E-state index is 12.4. The van der Waals surface area contributed by atoms with Gasteiger partial charge in [0.2, 0.25) is 0 Å². The third-order valence-corrected chi connectivity index (χ3v) is 5.67. The van der Waals surface area contributed by atoms with Crippen LogP contribution >= 0.6 is 36.2 Å². The summed E-state index contributed by atoms with van der Waals surface area (Å²) in [4.78, 5) is 19.3. The van der Waals surface area contributed by atoms with Crippen LogP contribution in [0.25, 0.3) is 10.2 Å². The lowest BCUT2D eigenvalue weighted by molar-refractivity contribution is -0.126. The van der Waals surface area contributed by atoms with Crippen molar-refractivity contribution in [2.75, 3.05) is 43.1 Å². The monoisotopic (exact) mass is 434 g/mol. The molecule has 2 aromatic rings. The topological polar surface area (TPSA) is 89.7 Å². The van der Waals surface area contributed by atoms with Crippen LogP contribution in [0.4, 0.5) is 10.8 Å². The summed E-state index contributed by atoms with van der Waals surface area (Å²) in [6.07, 6.45) is 1.15. The molecule has 0 unspecified atom stereocenters. The van der Waals surface area contributed by atoms with Crippen LogP contribution in [0.15, 0.2) is 18.2 Å². The number of thiazole rings is 1. The molecule has 3 heterocycles. The average molecular weight is 435 g/mol. The number of nitrogens with two attached hydrogens (primary N) is 1. The Bertz CT molecular complexity index is 770. The van der Waals surface area contributed by atoms with Crippen molar-refractivity contribution in [2.45, 2.75) is 25.0 Å². The molecule has 3 N–H and O–H groups in total. The number of nitrogens with zero attached hydrogens (tertiary/aromatic N) is 2. The Labute approximate surface area is 174 Å². The second-order valence-corrected chi connectivity index (χ2v) is 7.34. The number of halogens is 2. The largest absolute Gasteiger partial charge is 0.378 e. The minimum atomic E-state index is -0.408. The van der Waals surface area contributed by atoms with E-state index in [4.69, 9.17) is 20.2 Å². The van der Waals surface area contributed by atoms with Crippen LogP contribution in [0.5, 0.6) is 0 Å². The molecule has 1 aromatic heterocycles. The summed E-state index contributed by atoms with van der Waals surface area (Å²) in [5.41, 5.74) is 7.32. The first kappa shape index (κ1) is 22.1. The first-order chi connectivity index (χ1) is 12.2. The molecule has 2 atom stereocenters. The molecule has 0 aliphatic carbocycles. The predicted octanol–water partition coefficient (Wildman–Crippen LogP) is 2.42. The highest BCUT2D eigenvalue weighted by Crippen LogP contribution is 2.31. The van der Waals surface area contributed by atoms with Gasteiger partial charge in [0.25, 0.3) is 5.91 Å². The molecule has 0 bridgehead atoms. The standard InChI is InChI=1S/C17H22N4O3S.2ClH/c18-10-12-2-4-14(24-12)16(22)19-11-1-3-13-15(9-11)25-17(20-13)21-5-7-23-8-6-21;;/h1,3,9,12,14H,2,4-8,10,18H2,(H,19,22);2*1H/t12-,14+;;/m1../s1. The Balaban J connectivity index is 0.00000131. The smallest absolute Gasteiger partial charge is 0.253 e. The molecule has 2 aliphatic rings. The number of amides is 1. The molecule has 1 amide bonds. The minimum Gasteiger partial charge on any atom is -0.378 e. The SMILES string of the molecule is Cl.Cl.NC[C@H]1CC[C@@H](C(=O)Nc2ccc3nc(N4CCOCC4)sc3c2)O1. The van der Waals surface area contributed by atoms with Gasteiger partial charge in [-0.05, 0) is 31.0 Å². The zero-order valence-electron chi connectivity index (χ0n) is 14.8. The van der Waals surface area contributed by atoms with Gasteiger partial charge in [0, 0.05) is 25.3 Å². The van der Waals surface area contributed by atoms with Crippen molar-refractivity contribution in [1.29, 1.82) is 0 Å². The summed E-state index contributed by atoms with van der Waals surface area (Å²) < 4.78 is 12.1. The molecule has 10 heteroatoms. The lowest BCUT2D eigenvalue weighted by Crippen LogP contribution is -2.36. The zero-order chi connectivity index (χ0) is 17.2. The van der Waals surface area contributed by atoms with Crippen LogP contribution in [-0.2, 0) is 14.3 Å². The summed E-state index contributed by atoms with van der Waals surface area (Å²) in [5.74, 6) is -0.104. The van der Waals surface area contributed by atoms with E-state index < -0.39 is 6.10 Å². The van der Waals surface area contributed by atoms with E-state index in [1.165, 1.54) is 0 Å². The van der Waals surface area contributed by atoms with Crippen molar-refractivity contribution in [2.24, 2.45) is 5.73 Å². The molecule has 2 saturated heterocycles. The quantitative estimate of drug-likeness (QED) is 0.767. The summed E-state index contributed by atoms with van der Waals surface area (Å²) >= 11 is 1.64. The predicted molar refractivity (Wildman–Crippen MR) is 113 cm³/mol. The molecule has 1 aromatic carbocycles. The fourth-order valence-electron chi connectivity index (χ4n) is 3.17. The van der Waals surface area contributed by atoms with Gasteiger partial charge in [0.1, 0.15) is 6.10 Å². The molecule has 150 valence electrons. The van der Waals surface area contributed by atoms with E-state index in [1.807, 2.05) is 18.2 Å². The summed E-state index contributed by atoms with van der Waals surface area (Å²) in [7, 11) is 0. The fourth-order valence-corrected chi connectivity index (χ4v) is 4.23. The third kappa shape index (κ3) is 5.01. The average Bonchev–Trinajstić information content (AvgIpc) is 3.29. The number of ether oxygens (including phenoxy) is 2. The fraction of sp³-hybridized carbons (Fsp3) is 0.529. The van der Waals surface area contributed by atoms with Crippen molar-refractivity contribution in [3.8, 4) is 0 Å². The molecule has 27 heavy (non-hydrogen) atoms. The minimum absolute atomic E-state index is 0. The number of hydrogen-bond donors (Lipinski definition) is 2. The molecule has 2 aliphatic heterocycles. The Morgan fingerprint density at radius 2 is 2.07 bits per heavy atom. The van der Waals surface area contributed by atoms with Gasteiger partial charge in [0.05, 0.1) is 29.5 Å². The van der Waals surface area contributed by atoms with E-state index in [9.17, 15) is 4.79 Å². The second-order valence-electron chi connectivity index (χ2n) is 6.33. The Hall–Kier alpha value is -1.16. The maximum Gasteiger partial charge on any atom is 0.253 e. The van der Waals surface area contributed by atoms with Gasteiger partial charge in [-0.1, -0.05) is 11.3 Å². The van der Waals surface area contributed by atoms with Gasteiger partial charge in [-0.2, -0.15) is 0 Å². The molecule has 4 rings (SSSR count). The summed E-state index contributed by atoms with van der Waals surface area (Å²) in [6, 6.07) is 5.81. The van der Waals surface area contributed by atoms with Crippen molar-refractivity contribution < 1.29 is 14.3 Å². The summed E-state index contributed by atoms with van der Waals surface area (Å²) in [6.45, 7) is 3.67. The number of carbonyl (C=O) groups is 1. The zero-order valence-corrected chi connectivity index (χ0v) is 17.2. The van der Waals surface area contributed by atoms with Crippen LogP contribution in [0.1, 0.15) is 12.8 Å².